The molecule has 0 bridgehead atoms. The predicted molar refractivity (Wildman–Crippen MR) is 161 cm³/mol. The van der Waals surface area contributed by atoms with Crippen molar-refractivity contribution in [1.82, 2.24) is 4.72 Å². The summed E-state index contributed by atoms with van der Waals surface area (Å²) in [7, 11) is 2.26. The summed E-state index contributed by atoms with van der Waals surface area (Å²) < 4.78 is 31.1. The van der Waals surface area contributed by atoms with Crippen molar-refractivity contribution in [2.75, 3.05) is 39.6 Å². The molecule has 0 saturated carbocycles. The second-order valence-electron chi connectivity index (χ2n) is 11.1. The molecule has 0 atom stereocenters. The molecule has 0 amide bonds. The number of hydrogen-bond donors (Lipinski definition) is 2. The molecule has 4 rings (SSSR count). The number of hydrogen-bond acceptors (Lipinski definition) is 4. The Bertz CT molecular complexity index is 1580. The SMILES string of the molecule is Cc1ccc(S(=O)(=O)NCCCC(=O)O)cc1C1=C2C=CC(=[N+](C)C)C=C2[Si](C)(C)c2cc(N(C)C)ccc21. The lowest BCUT2D eigenvalue weighted by Crippen LogP contribution is -2.49. The highest BCUT2D eigenvalue weighted by atomic mass is 32.2. The van der Waals surface area contributed by atoms with Crippen LogP contribution in [0.2, 0.25) is 13.1 Å². The Kier molecular flexibility index (Phi) is 7.89. The van der Waals surface area contributed by atoms with Gasteiger partial charge in [0.25, 0.3) is 0 Å². The van der Waals surface area contributed by atoms with E-state index in [9.17, 15) is 13.2 Å². The topological polar surface area (TPSA) is 89.7 Å². The normalized spacial score (nSPS) is 16.0. The molecule has 0 radical (unpaired) electrons. The van der Waals surface area contributed by atoms with Crippen LogP contribution in [-0.2, 0) is 14.8 Å². The van der Waals surface area contributed by atoms with Crippen LogP contribution < -0.4 is 14.8 Å². The number of allylic oxidation sites excluding steroid dienone is 5. The quantitative estimate of drug-likeness (QED) is 0.290. The summed E-state index contributed by atoms with van der Waals surface area (Å²) in [5, 5.41) is 11.5. The first-order chi connectivity index (χ1) is 18.2. The summed E-state index contributed by atoms with van der Waals surface area (Å²) in [6.07, 6.45) is 6.75. The van der Waals surface area contributed by atoms with E-state index >= 15 is 0 Å². The van der Waals surface area contributed by atoms with Gasteiger partial charge in [0.05, 0.1) is 4.90 Å². The number of aryl methyl sites for hydroxylation is 1. The molecular formula is C30H38N3O4SSi+. The number of carbonyl (C=O) groups is 1. The zero-order chi connectivity index (χ0) is 28.7. The van der Waals surface area contributed by atoms with Crippen LogP contribution in [0.15, 0.2) is 70.3 Å². The maximum absolute atomic E-state index is 13.2. The maximum Gasteiger partial charge on any atom is 0.303 e. The molecule has 9 heteroatoms. The van der Waals surface area contributed by atoms with Crippen LogP contribution >= 0.6 is 0 Å². The van der Waals surface area contributed by atoms with E-state index in [4.69, 9.17) is 5.11 Å². The number of sulfonamides is 1. The fourth-order valence-corrected chi connectivity index (χ4v) is 9.41. The summed E-state index contributed by atoms with van der Waals surface area (Å²) in [6.45, 7) is 6.85. The molecule has 1 aliphatic heterocycles. The monoisotopic (exact) mass is 564 g/mol. The number of aliphatic carboxylic acids is 1. The molecule has 0 aromatic heterocycles. The van der Waals surface area contributed by atoms with Gasteiger partial charge in [-0.05, 0) is 81.9 Å². The Morgan fingerprint density at radius 3 is 2.41 bits per heavy atom. The number of carboxylic acids is 1. The van der Waals surface area contributed by atoms with Crippen molar-refractivity contribution < 1.29 is 22.9 Å². The zero-order valence-electron chi connectivity index (χ0n) is 23.8. The van der Waals surface area contributed by atoms with Gasteiger partial charge in [0.15, 0.2) is 5.71 Å². The minimum absolute atomic E-state index is 0.0699. The highest BCUT2D eigenvalue weighted by Crippen LogP contribution is 2.43. The molecule has 2 aliphatic rings. The Morgan fingerprint density at radius 2 is 1.77 bits per heavy atom. The van der Waals surface area contributed by atoms with Gasteiger partial charge in [0.1, 0.15) is 22.2 Å². The number of nitrogens with one attached hydrogen (secondary N) is 1. The molecule has 0 unspecified atom stereocenters. The summed E-state index contributed by atoms with van der Waals surface area (Å²) in [5.74, 6) is -0.945. The molecule has 206 valence electrons. The highest BCUT2D eigenvalue weighted by molar-refractivity contribution is 7.89. The Balaban J connectivity index is 1.93. The van der Waals surface area contributed by atoms with E-state index < -0.39 is 24.1 Å². The first-order valence-corrected chi connectivity index (χ1v) is 17.6. The number of benzene rings is 2. The van der Waals surface area contributed by atoms with E-state index in [1.807, 2.05) is 41.2 Å². The standard InChI is InChI=1S/C30H37N3O4SSi/c1-20-10-13-23(38(36,37)31-16-8-9-29(34)35)19-26(20)30-24-14-11-21(32(2)3)17-27(24)39(6,7)28-18-22(33(4)5)12-15-25(28)30/h10-15,17-19,31H,8-9,16H2,1-7H3/p+1. The van der Waals surface area contributed by atoms with Gasteiger partial charge in [-0.3, -0.25) is 4.79 Å². The third-order valence-corrected chi connectivity index (χ3v) is 12.6. The molecule has 2 aromatic carbocycles. The summed E-state index contributed by atoms with van der Waals surface area (Å²) >= 11 is 0. The van der Waals surface area contributed by atoms with Gasteiger partial charge in [0, 0.05) is 44.9 Å². The molecule has 7 nitrogen and oxygen atoms in total. The molecule has 1 aliphatic carbocycles. The first kappa shape index (κ1) is 28.7. The van der Waals surface area contributed by atoms with Crippen LogP contribution in [0, 0.1) is 6.92 Å². The van der Waals surface area contributed by atoms with Crippen molar-refractivity contribution in [2.24, 2.45) is 0 Å². The Morgan fingerprint density at radius 1 is 1.05 bits per heavy atom. The lowest BCUT2D eigenvalue weighted by Gasteiger charge is -2.38. The molecular weight excluding hydrogens is 527 g/mol. The van der Waals surface area contributed by atoms with Crippen LogP contribution in [0.25, 0.3) is 5.57 Å². The minimum atomic E-state index is -3.81. The van der Waals surface area contributed by atoms with E-state index in [1.165, 1.54) is 10.4 Å². The highest BCUT2D eigenvalue weighted by Gasteiger charge is 2.40. The predicted octanol–water partition coefficient (Wildman–Crippen LogP) is 3.68. The largest absolute Gasteiger partial charge is 0.481 e. The lowest BCUT2D eigenvalue weighted by molar-refractivity contribution is -0.462. The second-order valence-corrected chi connectivity index (χ2v) is 17.2. The number of carboxylic acid groups (broad SMARTS) is 1. The summed E-state index contributed by atoms with van der Waals surface area (Å²) in [5.41, 5.74) is 7.48. The van der Waals surface area contributed by atoms with Crippen molar-refractivity contribution in [2.45, 2.75) is 37.8 Å². The average molecular weight is 565 g/mol. The van der Waals surface area contributed by atoms with Crippen LogP contribution in [0.5, 0.6) is 0 Å². The van der Waals surface area contributed by atoms with E-state index in [1.54, 1.807) is 12.1 Å². The number of anilines is 1. The smallest absolute Gasteiger partial charge is 0.303 e. The molecule has 0 spiro atoms. The molecule has 39 heavy (non-hydrogen) atoms. The van der Waals surface area contributed by atoms with Crippen molar-refractivity contribution in [1.29, 1.82) is 0 Å². The van der Waals surface area contributed by atoms with Gasteiger partial charge < -0.3 is 10.0 Å². The lowest BCUT2D eigenvalue weighted by atomic mass is 9.87. The van der Waals surface area contributed by atoms with Gasteiger partial charge in [-0.2, -0.15) is 0 Å². The third-order valence-electron chi connectivity index (χ3n) is 7.57. The van der Waals surface area contributed by atoms with Crippen molar-refractivity contribution in [3.05, 3.63) is 82.1 Å². The fraction of sp³-hybridized carbons (Fsp3) is 0.333. The van der Waals surface area contributed by atoms with Crippen molar-refractivity contribution in [3.8, 4) is 0 Å². The first-order valence-electron chi connectivity index (χ1n) is 13.1. The zero-order valence-corrected chi connectivity index (χ0v) is 25.6. The van der Waals surface area contributed by atoms with Gasteiger partial charge >= 0.3 is 5.97 Å². The average Bonchev–Trinajstić information content (AvgIpc) is 2.87. The fourth-order valence-electron chi connectivity index (χ4n) is 5.24. The van der Waals surface area contributed by atoms with Crippen molar-refractivity contribution >= 4 is 46.2 Å². The van der Waals surface area contributed by atoms with Crippen LogP contribution in [0.4, 0.5) is 5.69 Å². The van der Waals surface area contributed by atoms with Crippen molar-refractivity contribution in [3.63, 3.8) is 0 Å². The van der Waals surface area contributed by atoms with Gasteiger partial charge in [-0.15, -0.1) is 0 Å². The van der Waals surface area contributed by atoms with Gasteiger partial charge in [0.2, 0.25) is 10.0 Å². The Hall–Kier alpha value is -3.27. The van der Waals surface area contributed by atoms with Gasteiger partial charge in [-0.1, -0.05) is 25.2 Å². The molecule has 2 aromatic rings. The van der Waals surface area contributed by atoms with Crippen LogP contribution in [0.1, 0.15) is 29.5 Å². The van der Waals surface area contributed by atoms with E-state index in [0.717, 1.165) is 39.2 Å². The van der Waals surface area contributed by atoms with E-state index in [-0.39, 0.29) is 24.3 Å². The third kappa shape index (κ3) is 5.57. The number of fused-ring (bicyclic) bond motifs is 2. The van der Waals surface area contributed by atoms with E-state index in [0.29, 0.717) is 0 Å². The van der Waals surface area contributed by atoms with Crippen LogP contribution in [-0.4, -0.2) is 72.6 Å². The van der Waals surface area contributed by atoms with Gasteiger partial charge in [-0.25, -0.2) is 17.7 Å². The molecule has 0 saturated heterocycles. The number of nitrogens with zero attached hydrogens (tertiary/aromatic N) is 2. The van der Waals surface area contributed by atoms with Crippen LogP contribution in [0.3, 0.4) is 0 Å². The van der Waals surface area contributed by atoms with E-state index in [2.05, 4.69) is 63.7 Å². The molecule has 2 N–H and O–H groups in total. The molecule has 0 fully saturated rings. The minimum Gasteiger partial charge on any atom is -0.481 e. The Labute approximate surface area is 232 Å². The maximum atomic E-state index is 13.2. The summed E-state index contributed by atoms with van der Waals surface area (Å²) in [4.78, 5) is 13.1. The second kappa shape index (κ2) is 10.7. The molecule has 1 heterocycles. The summed E-state index contributed by atoms with van der Waals surface area (Å²) in [6, 6.07) is 11.8. The number of rotatable bonds is 8.